The number of rotatable bonds is 2. The van der Waals surface area contributed by atoms with Crippen LogP contribution in [-0.2, 0) is 0 Å². The van der Waals surface area contributed by atoms with Gasteiger partial charge in [-0.3, -0.25) is 14.3 Å². The van der Waals surface area contributed by atoms with Gasteiger partial charge < -0.3 is 0 Å². The first-order valence-corrected chi connectivity index (χ1v) is 5.65. The van der Waals surface area contributed by atoms with Gasteiger partial charge in [-0.05, 0) is 13.0 Å². The molecule has 0 spiro atoms. The normalized spacial score (nSPS) is 10.7. The van der Waals surface area contributed by atoms with Gasteiger partial charge in [0.05, 0.1) is 11.7 Å². The number of carbonyl (C=O) groups is 1. The van der Waals surface area contributed by atoms with E-state index in [-0.39, 0.29) is 5.78 Å². The molecule has 4 nitrogen and oxygen atoms in total. The Bertz CT molecular complexity index is 716. The van der Waals surface area contributed by atoms with Crippen LogP contribution in [0.2, 0.25) is 0 Å². The van der Waals surface area contributed by atoms with Gasteiger partial charge >= 0.3 is 0 Å². The minimum atomic E-state index is 0.0499. The molecule has 0 amide bonds. The van der Waals surface area contributed by atoms with Crippen LogP contribution < -0.4 is 0 Å². The molecule has 2 aromatic heterocycles. The Hall–Kier alpha value is -2.49. The van der Waals surface area contributed by atoms with Crippen molar-refractivity contribution in [3.63, 3.8) is 0 Å². The molecule has 0 unspecified atom stereocenters. The Labute approximate surface area is 104 Å². The molecular formula is C14H11N3O. The Morgan fingerprint density at radius 2 is 2.06 bits per heavy atom. The lowest BCUT2D eigenvalue weighted by Gasteiger charge is -2.02. The average Bonchev–Trinajstić information content (AvgIpc) is 2.79. The highest BCUT2D eigenvalue weighted by molar-refractivity contribution is 6.07. The lowest BCUT2D eigenvalue weighted by atomic mass is 10.1. The maximum Gasteiger partial charge on any atom is 0.161 e. The highest BCUT2D eigenvalue weighted by Crippen LogP contribution is 2.23. The van der Waals surface area contributed by atoms with Crippen LogP contribution in [0.4, 0.5) is 0 Å². The number of aromatic nitrogens is 3. The molecule has 0 saturated heterocycles. The number of nitrogens with zero attached hydrogens (tertiary/aromatic N) is 3. The average molecular weight is 237 g/mol. The molecule has 0 radical (unpaired) electrons. The zero-order valence-corrected chi connectivity index (χ0v) is 9.87. The fourth-order valence-corrected chi connectivity index (χ4v) is 2.07. The molecule has 18 heavy (non-hydrogen) atoms. The molecule has 3 aromatic rings. The first kappa shape index (κ1) is 10.7. The molecule has 0 atom stereocenters. The van der Waals surface area contributed by atoms with Crippen molar-refractivity contribution in [2.45, 2.75) is 6.92 Å². The third-order valence-corrected chi connectivity index (χ3v) is 2.89. The van der Waals surface area contributed by atoms with E-state index in [1.165, 1.54) is 0 Å². The Morgan fingerprint density at radius 3 is 2.78 bits per heavy atom. The zero-order chi connectivity index (χ0) is 12.5. The predicted octanol–water partition coefficient (Wildman–Crippen LogP) is 2.62. The van der Waals surface area contributed by atoms with E-state index in [2.05, 4.69) is 9.97 Å². The first-order chi connectivity index (χ1) is 8.77. The number of para-hydroxylation sites is 1. The fourth-order valence-electron chi connectivity index (χ4n) is 2.07. The zero-order valence-electron chi connectivity index (χ0n) is 9.87. The Kier molecular flexibility index (Phi) is 2.41. The number of fused-ring (bicyclic) bond motifs is 1. The summed E-state index contributed by atoms with van der Waals surface area (Å²) >= 11 is 0. The van der Waals surface area contributed by atoms with Crippen LogP contribution in [0.1, 0.15) is 17.3 Å². The largest absolute Gasteiger partial charge is 0.299 e. The highest BCUT2D eigenvalue weighted by Gasteiger charge is 2.12. The van der Waals surface area contributed by atoms with Gasteiger partial charge in [-0.15, -0.1) is 0 Å². The third-order valence-electron chi connectivity index (χ3n) is 2.89. The van der Waals surface area contributed by atoms with Crippen LogP contribution in [0, 0.1) is 0 Å². The minimum absolute atomic E-state index is 0.0499. The summed E-state index contributed by atoms with van der Waals surface area (Å²) in [7, 11) is 0. The van der Waals surface area contributed by atoms with Crippen LogP contribution in [0.3, 0.4) is 0 Å². The summed E-state index contributed by atoms with van der Waals surface area (Å²) in [5, 5.41) is 0.940. The molecule has 0 saturated carbocycles. The van der Waals surface area contributed by atoms with Crippen molar-refractivity contribution >= 4 is 16.7 Å². The van der Waals surface area contributed by atoms with Gasteiger partial charge in [-0.1, -0.05) is 18.2 Å². The number of hydrogen-bond donors (Lipinski definition) is 0. The lowest BCUT2D eigenvalue weighted by Crippen LogP contribution is -1.96. The summed E-state index contributed by atoms with van der Waals surface area (Å²) in [5.74, 6) is 0.759. The Balaban J connectivity index is 2.34. The van der Waals surface area contributed by atoms with Gasteiger partial charge in [0.1, 0.15) is 0 Å². The maximum absolute atomic E-state index is 11.7. The lowest BCUT2D eigenvalue weighted by molar-refractivity contribution is 0.101. The van der Waals surface area contributed by atoms with Gasteiger partial charge in [0.2, 0.25) is 0 Å². The van der Waals surface area contributed by atoms with Gasteiger partial charge in [0, 0.05) is 29.5 Å². The summed E-state index contributed by atoms with van der Waals surface area (Å²) in [6.45, 7) is 1.57. The smallest absolute Gasteiger partial charge is 0.161 e. The maximum atomic E-state index is 11.7. The molecule has 0 aliphatic carbocycles. The van der Waals surface area contributed by atoms with Gasteiger partial charge in [0.25, 0.3) is 0 Å². The summed E-state index contributed by atoms with van der Waals surface area (Å²) in [6, 6.07) is 7.78. The summed E-state index contributed by atoms with van der Waals surface area (Å²) < 4.78 is 1.89. The number of carbonyl (C=O) groups excluding carboxylic acids is 1. The topological polar surface area (TPSA) is 47.8 Å². The second kappa shape index (κ2) is 4.07. The summed E-state index contributed by atoms with van der Waals surface area (Å²) in [4.78, 5) is 20.0. The van der Waals surface area contributed by atoms with E-state index in [4.69, 9.17) is 0 Å². The molecule has 1 aromatic carbocycles. The molecule has 0 bridgehead atoms. The van der Waals surface area contributed by atoms with Crippen LogP contribution in [-0.4, -0.2) is 20.3 Å². The quantitative estimate of drug-likeness (QED) is 0.644. The molecule has 3 rings (SSSR count). The summed E-state index contributed by atoms with van der Waals surface area (Å²) in [5.41, 5.74) is 1.67. The standard InChI is InChI=1S/C14H11N3O/c1-10(18)12-9-17(14-8-15-6-7-16-14)13-5-3-2-4-11(12)13/h2-9H,1H3. The van der Waals surface area contributed by atoms with E-state index in [1.807, 2.05) is 35.0 Å². The fraction of sp³-hybridized carbons (Fsp3) is 0.0714. The molecule has 88 valence electrons. The first-order valence-electron chi connectivity index (χ1n) is 5.65. The monoisotopic (exact) mass is 237 g/mol. The molecule has 0 N–H and O–H groups in total. The van der Waals surface area contributed by atoms with Gasteiger partial charge in [-0.25, -0.2) is 4.98 Å². The van der Waals surface area contributed by atoms with Crippen LogP contribution >= 0.6 is 0 Å². The van der Waals surface area contributed by atoms with Crippen LogP contribution in [0.25, 0.3) is 16.7 Å². The molecule has 0 fully saturated rings. The predicted molar refractivity (Wildman–Crippen MR) is 68.9 cm³/mol. The van der Waals surface area contributed by atoms with Crippen LogP contribution in [0.15, 0.2) is 49.1 Å². The number of benzene rings is 1. The van der Waals surface area contributed by atoms with E-state index in [0.29, 0.717) is 11.4 Å². The van der Waals surface area contributed by atoms with E-state index in [0.717, 1.165) is 10.9 Å². The number of ketones is 1. The Morgan fingerprint density at radius 1 is 1.22 bits per heavy atom. The number of Topliss-reactive ketones (excluding diaryl/α,β-unsaturated/α-hetero) is 1. The molecular weight excluding hydrogens is 226 g/mol. The van der Waals surface area contributed by atoms with Crippen molar-refractivity contribution < 1.29 is 4.79 Å². The second-order valence-corrected chi connectivity index (χ2v) is 4.05. The van der Waals surface area contributed by atoms with E-state index < -0.39 is 0 Å². The highest BCUT2D eigenvalue weighted by atomic mass is 16.1. The van der Waals surface area contributed by atoms with Crippen molar-refractivity contribution in [2.24, 2.45) is 0 Å². The third kappa shape index (κ3) is 1.59. The van der Waals surface area contributed by atoms with Crippen molar-refractivity contribution in [3.8, 4) is 5.82 Å². The van der Waals surface area contributed by atoms with Crippen molar-refractivity contribution in [3.05, 3.63) is 54.6 Å². The summed E-state index contributed by atoms with van der Waals surface area (Å²) in [6.07, 6.45) is 6.76. The SMILES string of the molecule is CC(=O)c1cn(-c2cnccn2)c2ccccc12. The molecule has 0 aliphatic rings. The van der Waals surface area contributed by atoms with Crippen LogP contribution in [0.5, 0.6) is 0 Å². The minimum Gasteiger partial charge on any atom is -0.299 e. The second-order valence-electron chi connectivity index (χ2n) is 4.05. The molecule has 4 heteroatoms. The van der Waals surface area contributed by atoms with Crippen molar-refractivity contribution in [1.29, 1.82) is 0 Å². The van der Waals surface area contributed by atoms with E-state index >= 15 is 0 Å². The van der Waals surface area contributed by atoms with Crippen molar-refractivity contribution in [1.82, 2.24) is 14.5 Å². The molecule has 2 heterocycles. The van der Waals surface area contributed by atoms with Gasteiger partial charge in [0.15, 0.2) is 11.6 Å². The van der Waals surface area contributed by atoms with Crippen molar-refractivity contribution in [2.75, 3.05) is 0 Å². The van der Waals surface area contributed by atoms with Gasteiger partial charge in [-0.2, -0.15) is 0 Å². The molecule has 0 aliphatic heterocycles. The number of hydrogen-bond acceptors (Lipinski definition) is 3. The van der Waals surface area contributed by atoms with E-state index in [1.54, 1.807) is 25.5 Å². The van der Waals surface area contributed by atoms with E-state index in [9.17, 15) is 4.79 Å².